The maximum absolute atomic E-state index is 13.1. The van der Waals surface area contributed by atoms with Crippen molar-refractivity contribution in [2.24, 2.45) is 5.92 Å². The molecule has 0 radical (unpaired) electrons. The van der Waals surface area contributed by atoms with E-state index >= 15 is 0 Å². The first-order chi connectivity index (χ1) is 12.7. The molecule has 1 aliphatic heterocycles. The largest absolute Gasteiger partial charge is 0.345 e. The van der Waals surface area contributed by atoms with Gasteiger partial charge in [0, 0.05) is 18.7 Å². The zero-order chi connectivity index (χ0) is 17.9. The lowest BCUT2D eigenvalue weighted by Crippen LogP contribution is -2.38. The number of amides is 2. The number of rotatable bonds is 6. The Morgan fingerprint density at radius 3 is 2.50 bits per heavy atom. The van der Waals surface area contributed by atoms with Gasteiger partial charge in [0.05, 0.1) is 12.5 Å². The van der Waals surface area contributed by atoms with Gasteiger partial charge in [-0.25, -0.2) is 0 Å². The van der Waals surface area contributed by atoms with Crippen LogP contribution in [0, 0.1) is 5.92 Å². The number of nitrogens with zero attached hydrogens (tertiary/aromatic N) is 1. The highest BCUT2D eigenvalue weighted by molar-refractivity contribution is 5.99. The molecular formula is C22H24N2O2. The van der Waals surface area contributed by atoms with Crippen LogP contribution in [0.1, 0.15) is 53.2 Å². The van der Waals surface area contributed by atoms with E-state index in [4.69, 9.17) is 0 Å². The van der Waals surface area contributed by atoms with Crippen LogP contribution in [0.2, 0.25) is 0 Å². The van der Waals surface area contributed by atoms with E-state index in [-0.39, 0.29) is 17.9 Å². The van der Waals surface area contributed by atoms with Crippen molar-refractivity contribution in [3.8, 4) is 0 Å². The van der Waals surface area contributed by atoms with Gasteiger partial charge in [0.25, 0.3) is 5.91 Å². The zero-order valence-corrected chi connectivity index (χ0v) is 14.9. The van der Waals surface area contributed by atoms with E-state index in [9.17, 15) is 9.59 Å². The Bertz CT molecular complexity index is 799. The lowest BCUT2D eigenvalue weighted by molar-refractivity contribution is -0.133. The average molecular weight is 348 g/mol. The van der Waals surface area contributed by atoms with Crippen molar-refractivity contribution in [1.29, 1.82) is 0 Å². The Labute approximate surface area is 154 Å². The van der Waals surface area contributed by atoms with E-state index in [0.29, 0.717) is 24.4 Å². The van der Waals surface area contributed by atoms with Gasteiger partial charge in [-0.15, -0.1) is 0 Å². The molecule has 4 nitrogen and oxygen atoms in total. The zero-order valence-electron chi connectivity index (χ0n) is 14.9. The summed E-state index contributed by atoms with van der Waals surface area (Å²) in [5.41, 5.74) is 2.78. The Morgan fingerprint density at radius 2 is 1.77 bits per heavy atom. The molecule has 0 unspecified atom stereocenters. The summed E-state index contributed by atoms with van der Waals surface area (Å²) in [5.74, 6) is 0.655. The molecule has 1 heterocycles. The molecule has 0 bridgehead atoms. The molecule has 1 N–H and O–H groups in total. The molecule has 26 heavy (non-hydrogen) atoms. The number of benzene rings is 2. The molecule has 4 rings (SSSR count). The second-order valence-electron chi connectivity index (χ2n) is 7.37. The normalized spacial score (nSPS) is 18.8. The first-order valence-corrected chi connectivity index (χ1v) is 9.42. The predicted octanol–water partition coefficient (Wildman–Crippen LogP) is 3.69. The van der Waals surface area contributed by atoms with Crippen molar-refractivity contribution in [2.45, 2.75) is 38.3 Å². The summed E-state index contributed by atoms with van der Waals surface area (Å²) in [6.07, 6.45) is 4.01. The Hall–Kier alpha value is -2.62. The lowest BCUT2D eigenvalue weighted by atomic mass is 9.85. The topological polar surface area (TPSA) is 49.4 Å². The molecule has 0 aromatic heterocycles. The van der Waals surface area contributed by atoms with Crippen LogP contribution in [-0.2, 0) is 11.3 Å². The van der Waals surface area contributed by atoms with E-state index < -0.39 is 0 Å². The molecular weight excluding hydrogens is 324 g/mol. The van der Waals surface area contributed by atoms with Crippen LogP contribution in [0.4, 0.5) is 0 Å². The van der Waals surface area contributed by atoms with Gasteiger partial charge in [0.15, 0.2) is 0 Å². The Morgan fingerprint density at radius 1 is 1.04 bits per heavy atom. The monoisotopic (exact) mass is 348 g/mol. The van der Waals surface area contributed by atoms with Gasteiger partial charge in [-0.1, -0.05) is 55.0 Å². The second-order valence-corrected chi connectivity index (χ2v) is 7.37. The number of carbonyl (C=O) groups is 2. The van der Waals surface area contributed by atoms with Crippen molar-refractivity contribution in [3.63, 3.8) is 0 Å². The van der Waals surface area contributed by atoms with Crippen molar-refractivity contribution in [3.05, 3.63) is 71.3 Å². The molecule has 2 aromatic rings. The van der Waals surface area contributed by atoms with E-state index in [1.54, 1.807) is 0 Å². The minimum Gasteiger partial charge on any atom is -0.345 e. The molecule has 0 spiro atoms. The van der Waals surface area contributed by atoms with E-state index in [0.717, 1.165) is 17.7 Å². The molecule has 134 valence electrons. The van der Waals surface area contributed by atoms with Gasteiger partial charge in [0.2, 0.25) is 5.91 Å². The number of nitrogens with one attached hydrogen (secondary N) is 1. The Balaban J connectivity index is 1.48. The standard InChI is InChI=1S/C22H24N2O2/c25-21(13-20-18-11-4-5-12-19(18)22(26)23-20)24(15-17-9-6-10-17)14-16-7-2-1-3-8-16/h1-5,7-8,11-12,17,20H,6,9-10,13-15H2,(H,23,26)/t20-/m1/s1. The summed E-state index contributed by atoms with van der Waals surface area (Å²) in [6, 6.07) is 17.5. The third-order valence-electron chi connectivity index (χ3n) is 5.54. The molecule has 2 aliphatic rings. The van der Waals surface area contributed by atoms with Crippen LogP contribution in [-0.4, -0.2) is 23.3 Å². The molecule has 1 atom stereocenters. The van der Waals surface area contributed by atoms with Gasteiger partial charge in [-0.3, -0.25) is 9.59 Å². The van der Waals surface area contributed by atoms with Crippen molar-refractivity contribution < 1.29 is 9.59 Å². The van der Waals surface area contributed by atoms with Gasteiger partial charge in [-0.2, -0.15) is 0 Å². The minimum absolute atomic E-state index is 0.0768. The highest BCUT2D eigenvalue weighted by atomic mass is 16.2. The number of fused-ring (bicyclic) bond motifs is 1. The SMILES string of the molecule is O=C1N[C@H](CC(=O)N(Cc2ccccc2)CC2CCC2)c2ccccc21. The van der Waals surface area contributed by atoms with Crippen LogP contribution in [0.3, 0.4) is 0 Å². The number of carbonyl (C=O) groups excluding carboxylic acids is 2. The number of hydrogen-bond acceptors (Lipinski definition) is 2. The van der Waals surface area contributed by atoms with E-state index in [1.165, 1.54) is 19.3 Å². The fourth-order valence-electron chi connectivity index (χ4n) is 3.83. The van der Waals surface area contributed by atoms with E-state index in [1.807, 2.05) is 47.4 Å². The highest BCUT2D eigenvalue weighted by Crippen LogP contribution is 2.30. The molecule has 1 aliphatic carbocycles. The van der Waals surface area contributed by atoms with Crippen LogP contribution in [0.15, 0.2) is 54.6 Å². The highest BCUT2D eigenvalue weighted by Gasteiger charge is 2.32. The molecule has 4 heteroatoms. The van der Waals surface area contributed by atoms with Crippen LogP contribution < -0.4 is 5.32 Å². The van der Waals surface area contributed by atoms with Gasteiger partial charge < -0.3 is 10.2 Å². The molecule has 2 amide bonds. The predicted molar refractivity (Wildman–Crippen MR) is 100 cm³/mol. The summed E-state index contributed by atoms with van der Waals surface area (Å²) >= 11 is 0. The fraction of sp³-hybridized carbons (Fsp3) is 0.364. The van der Waals surface area contributed by atoms with Crippen molar-refractivity contribution >= 4 is 11.8 Å². The first-order valence-electron chi connectivity index (χ1n) is 9.42. The molecule has 2 aromatic carbocycles. The lowest BCUT2D eigenvalue weighted by Gasteiger charge is -2.33. The quantitative estimate of drug-likeness (QED) is 0.865. The summed E-state index contributed by atoms with van der Waals surface area (Å²) in [5, 5.41) is 2.96. The summed E-state index contributed by atoms with van der Waals surface area (Å²) in [4.78, 5) is 27.2. The smallest absolute Gasteiger partial charge is 0.252 e. The minimum atomic E-state index is -0.217. The molecule has 1 saturated carbocycles. The second kappa shape index (κ2) is 7.32. The summed E-state index contributed by atoms with van der Waals surface area (Å²) in [6.45, 7) is 1.45. The van der Waals surface area contributed by atoms with Gasteiger partial charge in [0.1, 0.15) is 0 Å². The van der Waals surface area contributed by atoms with Gasteiger partial charge in [-0.05, 0) is 36.0 Å². The van der Waals surface area contributed by atoms with E-state index in [2.05, 4.69) is 17.4 Å². The molecule has 0 saturated heterocycles. The van der Waals surface area contributed by atoms with Crippen LogP contribution in [0.25, 0.3) is 0 Å². The summed E-state index contributed by atoms with van der Waals surface area (Å²) in [7, 11) is 0. The number of hydrogen-bond donors (Lipinski definition) is 1. The molecule has 1 fully saturated rings. The Kier molecular flexibility index (Phi) is 4.74. The average Bonchev–Trinajstić information content (AvgIpc) is 2.94. The third-order valence-corrected chi connectivity index (χ3v) is 5.54. The van der Waals surface area contributed by atoms with Crippen LogP contribution in [0.5, 0.6) is 0 Å². The fourth-order valence-corrected chi connectivity index (χ4v) is 3.83. The van der Waals surface area contributed by atoms with Crippen LogP contribution >= 0.6 is 0 Å². The van der Waals surface area contributed by atoms with Crippen molar-refractivity contribution in [1.82, 2.24) is 10.2 Å². The maximum atomic E-state index is 13.1. The summed E-state index contributed by atoms with van der Waals surface area (Å²) < 4.78 is 0. The van der Waals surface area contributed by atoms with Gasteiger partial charge >= 0.3 is 0 Å². The third kappa shape index (κ3) is 3.50. The van der Waals surface area contributed by atoms with Crippen molar-refractivity contribution in [2.75, 3.05) is 6.54 Å². The maximum Gasteiger partial charge on any atom is 0.252 e. The first kappa shape index (κ1) is 16.8.